The van der Waals surface area contributed by atoms with E-state index in [-0.39, 0.29) is 5.91 Å². The minimum Gasteiger partial charge on any atom is -0.323 e. The summed E-state index contributed by atoms with van der Waals surface area (Å²) in [6.07, 6.45) is 5.44. The van der Waals surface area contributed by atoms with Gasteiger partial charge in [0.2, 0.25) is 5.91 Å². The normalized spacial score (nSPS) is 11.9. The van der Waals surface area contributed by atoms with Gasteiger partial charge in [0.1, 0.15) is 0 Å². The molecule has 0 radical (unpaired) electrons. The predicted octanol–water partition coefficient (Wildman–Crippen LogP) is 2.69. The first-order valence-corrected chi connectivity index (χ1v) is 7.13. The Hall–Kier alpha value is -2.11. The van der Waals surface area contributed by atoms with Gasteiger partial charge in [-0.3, -0.25) is 14.2 Å². The molecule has 0 spiro atoms. The summed E-state index contributed by atoms with van der Waals surface area (Å²) in [6.45, 7) is 10.4. The summed E-state index contributed by atoms with van der Waals surface area (Å²) in [7, 11) is 0. The number of carbonyl (C=O) groups is 1. The minimum absolute atomic E-state index is 0.0221. The Labute approximate surface area is 125 Å². The number of nitrogens with one attached hydrogen (secondary N) is 1. The summed E-state index contributed by atoms with van der Waals surface area (Å²) < 4.78 is 3.69. The highest BCUT2D eigenvalue weighted by Gasteiger charge is 2.21. The van der Waals surface area contributed by atoms with E-state index >= 15 is 0 Å². The second-order valence-corrected chi connectivity index (χ2v) is 6.51. The lowest BCUT2D eigenvalue weighted by molar-refractivity contribution is -0.123. The molecule has 2 aromatic rings. The number of anilines is 1. The lowest BCUT2D eigenvalue weighted by Crippen LogP contribution is -2.27. The maximum atomic E-state index is 11.9. The molecule has 6 heteroatoms. The monoisotopic (exact) mass is 289 g/mol. The molecule has 0 aromatic carbocycles. The number of hydrogen-bond donors (Lipinski definition) is 1. The highest BCUT2D eigenvalue weighted by Crippen LogP contribution is 2.17. The third-order valence-corrected chi connectivity index (χ3v) is 3.09. The third-order valence-electron chi connectivity index (χ3n) is 3.09. The summed E-state index contributed by atoms with van der Waals surface area (Å²) in [5.41, 5.74) is 1.23. The standard InChI is InChI=1S/C15H23N5O/c1-11(2)20-7-6-12(18-20)9-19-10-13(8-16-19)17-14(21)15(3,4)5/h6-8,10-11H,9H2,1-5H3,(H,17,21). The van der Waals surface area contributed by atoms with Crippen molar-refractivity contribution in [3.63, 3.8) is 0 Å². The van der Waals surface area contributed by atoms with E-state index in [1.807, 2.05) is 43.9 Å². The Morgan fingerprint density at radius 2 is 2.10 bits per heavy atom. The summed E-state index contributed by atoms with van der Waals surface area (Å²) >= 11 is 0. The zero-order valence-electron chi connectivity index (χ0n) is 13.3. The molecule has 0 aliphatic carbocycles. The lowest BCUT2D eigenvalue weighted by Gasteiger charge is -2.16. The number of nitrogens with zero attached hydrogens (tertiary/aromatic N) is 4. The van der Waals surface area contributed by atoms with Crippen LogP contribution in [-0.4, -0.2) is 25.5 Å². The topological polar surface area (TPSA) is 64.7 Å². The van der Waals surface area contributed by atoms with Gasteiger partial charge in [0.25, 0.3) is 0 Å². The van der Waals surface area contributed by atoms with Crippen LogP contribution in [0.5, 0.6) is 0 Å². The molecule has 2 rings (SSSR count). The van der Waals surface area contributed by atoms with Crippen LogP contribution in [0, 0.1) is 5.41 Å². The molecule has 6 nitrogen and oxygen atoms in total. The molecular weight excluding hydrogens is 266 g/mol. The van der Waals surface area contributed by atoms with E-state index in [9.17, 15) is 4.79 Å². The number of aromatic nitrogens is 4. The van der Waals surface area contributed by atoms with Gasteiger partial charge in [-0.1, -0.05) is 20.8 Å². The molecule has 2 heterocycles. The van der Waals surface area contributed by atoms with Crippen LogP contribution in [0.2, 0.25) is 0 Å². The van der Waals surface area contributed by atoms with Gasteiger partial charge in [-0.25, -0.2) is 0 Å². The van der Waals surface area contributed by atoms with Crippen LogP contribution in [0.25, 0.3) is 0 Å². The van der Waals surface area contributed by atoms with Crippen LogP contribution in [0.3, 0.4) is 0 Å². The largest absolute Gasteiger partial charge is 0.323 e. The van der Waals surface area contributed by atoms with Gasteiger partial charge in [0.15, 0.2) is 0 Å². The van der Waals surface area contributed by atoms with E-state index in [2.05, 4.69) is 29.4 Å². The summed E-state index contributed by atoms with van der Waals surface area (Å²) in [6, 6.07) is 2.33. The fraction of sp³-hybridized carbons (Fsp3) is 0.533. The molecule has 0 unspecified atom stereocenters. The van der Waals surface area contributed by atoms with Gasteiger partial charge >= 0.3 is 0 Å². The van der Waals surface area contributed by atoms with E-state index in [0.717, 1.165) is 5.69 Å². The predicted molar refractivity (Wildman–Crippen MR) is 82.0 cm³/mol. The molecule has 0 aliphatic heterocycles. The van der Waals surface area contributed by atoms with Crippen LogP contribution in [0.15, 0.2) is 24.7 Å². The summed E-state index contributed by atoms with van der Waals surface area (Å²) in [5.74, 6) is -0.0221. The minimum atomic E-state index is -0.419. The third kappa shape index (κ3) is 3.93. The number of rotatable bonds is 4. The van der Waals surface area contributed by atoms with Crippen molar-refractivity contribution in [1.82, 2.24) is 19.6 Å². The summed E-state index contributed by atoms with van der Waals surface area (Å²) in [4.78, 5) is 11.9. The summed E-state index contributed by atoms with van der Waals surface area (Å²) in [5, 5.41) is 11.6. The molecule has 0 atom stereocenters. The Kier molecular flexibility index (Phi) is 4.16. The van der Waals surface area contributed by atoms with Gasteiger partial charge in [-0.05, 0) is 19.9 Å². The average molecular weight is 289 g/mol. The molecular formula is C15H23N5O. The maximum Gasteiger partial charge on any atom is 0.229 e. The number of hydrogen-bond acceptors (Lipinski definition) is 3. The SMILES string of the molecule is CC(C)n1ccc(Cn2cc(NC(=O)C(C)(C)C)cn2)n1. The molecule has 21 heavy (non-hydrogen) atoms. The number of amides is 1. The first kappa shape index (κ1) is 15.3. The van der Waals surface area contributed by atoms with E-state index in [0.29, 0.717) is 18.3 Å². The Morgan fingerprint density at radius 3 is 2.67 bits per heavy atom. The molecule has 0 aliphatic rings. The van der Waals surface area contributed by atoms with Crippen molar-refractivity contribution >= 4 is 11.6 Å². The Balaban J connectivity index is 2.01. The van der Waals surface area contributed by atoms with Gasteiger partial charge in [0, 0.05) is 23.9 Å². The van der Waals surface area contributed by atoms with E-state index in [1.54, 1.807) is 10.9 Å². The quantitative estimate of drug-likeness (QED) is 0.941. The van der Waals surface area contributed by atoms with Gasteiger partial charge < -0.3 is 5.32 Å². The fourth-order valence-electron chi connectivity index (χ4n) is 1.75. The molecule has 1 amide bonds. The average Bonchev–Trinajstić information content (AvgIpc) is 2.98. The van der Waals surface area contributed by atoms with Crippen LogP contribution < -0.4 is 5.32 Å². The zero-order valence-corrected chi connectivity index (χ0v) is 13.3. The molecule has 0 bridgehead atoms. The lowest BCUT2D eigenvalue weighted by atomic mass is 9.96. The molecule has 2 aromatic heterocycles. The first-order chi connectivity index (χ1) is 9.75. The Morgan fingerprint density at radius 1 is 1.38 bits per heavy atom. The van der Waals surface area contributed by atoms with Crippen molar-refractivity contribution in [2.45, 2.75) is 47.2 Å². The van der Waals surface area contributed by atoms with Crippen molar-refractivity contribution in [1.29, 1.82) is 0 Å². The van der Waals surface area contributed by atoms with Crippen molar-refractivity contribution in [2.24, 2.45) is 5.41 Å². The van der Waals surface area contributed by atoms with Crippen LogP contribution in [0.4, 0.5) is 5.69 Å². The maximum absolute atomic E-state index is 11.9. The Bertz CT molecular complexity index is 618. The second kappa shape index (κ2) is 5.71. The zero-order chi connectivity index (χ0) is 15.6. The molecule has 1 N–H and O–H groups in total. The first-order valence-electron chi connectivity index (χ1n) is 7.13. The van der Waals surface area contributed by atoms with E-state index in [4.69, 9.17) is 0 Å². The van der Waals surface area contributed by atoms with E-state index < -0.39 is 5.41 Å². The smallest absolute Gasteiger partial charge is 0.229 e. The van der Waals surface area contributed by atoms with Crippen molar-refractivity contribution in [3.8, 4) is 0 Å². The van der Waals surface area contributed by atoms with Crippen molar-refractivity contribution in [3.05, 3.63) is 30.4 Å². The molecule has 0 fully saturated rings. The van der Waals surface area contributed by atoms with Gasteiger partial charge in [-0.15, -0.1) is 0 Å². The molecule has 114 valence electrons. The van der Waals surface area contributed by atoms with E-state index in [1.165, 1.54) is 0 Å². The van der Waals surface area contributed by atoms with Crippen LogP contribution >= 0.6 is 0 Å². The van der Waals surface area contributed by atoms with Gasteiger partial charge in [0.05, 0.1) is 24.1 Å². The molecule has 0 saturated heterocycles. The van der Waals surface area contributed by atoms with Crippen LogP contribution in [0.1, 0.15) is 46.4 Å². The van der Waals surface area contributed by atoms with Crippen LogP contribution in [-0.2, 0) is 11.3 Å². The highest BCUT2D eigenvalue weighted by molar-refractivity contribution is 5.94. The fourth-order valence-corrected chi connectivity index (χ4v) is 1.75. The van der Waals surface area contributed by atoms with Crippen molar-refractivity contribution < 1.29 is 4.79 Å². The second-order valence-electron chi connectivity index (χ2n) is 6.51. The van der Waals surface area contributed by atoms with Crippen molar-refractivity contribution in [2.75, 3.05) is 5.32 Å². The number of carbonyl (C=O) groups excluding carboxylic acids is 1. The van der Waals surface area contributed by atoms with Gasteiger partial charge in [-0.2, -0.15) is 10.2 Å². The highest BCUT2D eigenvalue weighted by atomic mass is 16.2. The molecule has 0 saturated carbocycles.